The zero-order valence-electron chi connectivity index (χ0n) is 14.4. The summed E-state index contributed by atoms with van der Waals surface area (Å²) in [6.07, 6.45) is 1.02. The van der Waals surface area contributed by atoms with Gasteiger partial charge in [0.15, 0.2) is 0 Å². The van der Waals surface area contributed by atoms with Crippen molar-refractivity contribution in [1.82, 2.24) is 0 Å². The lowest BCUT2D eigenvalue weighted by Gasteiger charge is -2.16. The van der Waals surface area contributed by atoms with Crippen LogP contribution in [0.4, 0.5) is 11.4 Å². The summed E-state index contributed by atoms with van der Waals surface area (Å²) in [5, 5.41) is 6.22. The van der Waals surface area contributed by atoms with Crippen LogP contribution in [0.5, 0.6) is 0 Å². The second kappa shape index (κ2) is 7.82. The molecular formula is C20H26N2O. The molecule has 0 saturated carbocycles. The van der Waals surface area contributed by atoms with Gasteiger partial charge >= 0.3 is 0 Å². The highest BCUT2D eigenvalue weighted by Crippen LogP contribution is 2.27. The molecule has 0 unspecified atom stereocenters. The first-order chi connectivity index (χ1) is 11.0. The molecule has 0 fully saturated rings. The molecule has 0 radical (unpaired) electrons. The molecule has 3 nitrogen and oxygen atoms in total. The number of carbonyl (C=O) groups is 1. The first kappa shape index (κ1) is 17.1. The molecule has 1 amide bonds. The molecule has 3 heteroatoms. The minimum atomic E-state index is -0.0271. The van der Waals surface area contributed by atoms with Crippen LogP contribution >= 0.6 is 0 Å². The van der Waals surface area contributed by atoms with E-state index in [9.17, 15) is 4.79 Å². The number of hydrogen-bond acceptors (Lipinski definition) is 2. The van der Waals surface area contributed by atoms with Crippen molar-refractivity contribution < 1.29 is 4.79 Å². The van der Waals surface area contributed by atoms with Crippen LogP contribution < -0.4 is 10.6 Å². The van der Waals surface area contributed by atoms with Gasteiger partial charge in [0.25, 0.3) is 0 Å². The van der Waals surface area contributed by atoms with Crippen LogP contribution in [-0.2, 0) is 11.2 Å². The molecule has 2 aromatic carbocycles. The van der Waals surface area contributed by atoms with Gasteiger partial charge in [0.1, 0.15) is 0 Å². The Hall–Kier alpha value is -2.29. The third-order valence-corrected chi connectivity index (χ3v) is 4.01. The van der Waals surface area contributed by atoms with Crippen LogP contribution in [0, 0.1) is 6.92 Å². The largest absolute Gasteiger partial charge is 0.376 e. The molecule has 2 rings (SSSR count). The number of benzene rings is 2. The molecule has 0 heterocycles. The highest BCUT2D eigenvalue weighted by atomic mass is 16.1. The Labute approximate surface area is 139 Å². The fourth-order valence-electron chi connectivity index (χ4n) is 2.57. The minimum Gasteiger partial charge on any atom is -0.376 e. The van der Waals surface area contributed by atoms with Crippen LogP contribution in [0.25, 0.3) is 0 Å². The van der Waals surface area contributed by atoms with Crippen LogP contribution in [0.3, 0.4) is 0 Å². The standard InChI is InChI=1S/C20H26N2O/c1-5-16-9-11-17(12-10-16)21-13-19(23)22-20-15(4)7-6-8-18(20)14(2)3/h6-12,14,21H,5,13H2,1-4H3,(H,22,23). The zero-order valence-corrected chi connectivity index (χ0v) is 14.4. The molecule has 0 atom stereocenters. The Balaban J connectivity index is 1.99. The molecule has 2 aromatic rings. The molecule has 122 valence electrons. The van der Waals surface area contributed by atoms with E-state index in [1.165, 1.54) is 11.1 Å². The molecule has 0 spiro atoms. The first-order valence-electron chi connectivity index (χ1n) is 8.23. The Bertz CT molecular complexity index is 660. The van der Waals surface area contributed by atoms with Gasteiger partial charge in [-0.05, 0) is 48.1 Å². The third-order valence-electron chi connectivity index (χ3n) is 4.01. The molecule has 0 aromatic heterocycles. The lowest BCUT2D eigenvalue weighted by molar-refractivity contribution is -0.114. The normalized spacial score (nSPS) is 10.7. The molecule has 0 bridgehead atoms. The van der Waals surface area contributed by atoms with Gasteiger partial charge in [-0.25, -0.2) is 0 Å². The number of anilines is 2. The van der Waals surface area contributed by atoms with Crippen molar-refractivity contribution in [2.24, 2.45) is 0 Å². The predicted octanol–water partition coefficient (Wildman–Crippen LogP) is 4.73. The highest BCUT2D eigenvalue weighted by Gasteiger charge is 2.11. The summed E-state index contributed by atoms with van der Waals surface area (Å²) in [4.78, 5) is 12.3. The fraction of sp³-hybridized carbons (Fsp3) is 0.350. The molecule has 0 aliphatic rings. The van der Waals surface area contributed by atoms with E-state index in [1.807, 2.05) is 31.2 Å². The van der Waals surface area contributed by atoms with E-state index < -0.39 is 0 Å². The molecule has 0 aliphatic carbocycles. The van der Waals surface area contributed by atoms with Crippen LogP contribution in [-0.4, -0.2) is 12.5 Å². The summed E-state index contributed by atoms with van der Waals surface area (Å²) in [6, 6.07) is 14.3. The van der Waals surface area contributed by atoms with Crippen molar-refractivity contribution in [2.75, 3.05) is 17.2 Å². The van der Waals surface area contributed by atoms with Gasteiger partial charge in [0.05, 0.1) is 6.54 Å². The quantitative estimate of drug-likeness (QED) is 0.809. The molecule has 0 aliphatic heterocycles. The predicted molar refractivity (Wildman–Crippen MR) is 98.2 cm³/mol. The lowest BCUT2D eigenvalue weighted by atomic mass is 9.98. The Morgan fingerprint density at radius 3 is 2.39 bits per heavy atom. The summed E-state index contributed by atoms with van der Waals surface area (Å²) in [7, 11) is 0. The van der Waals surface area contributed by atoms with E-state index in [0.717, 1.165) is 23.4 Å². The smallest absolute Gasteiger partial charge is 0.243 e. The van der Waals surface area contributed by atoms with E-state index in [0.29, 0.717) is 5.92 Å². The third kappa shape index (κ3) is 4.59. The van der Waals surface area contributed by atoms with Gasteiger partial charge < -0.3 is 10.6 Å². The van der Waals surface area contributed by atoms with Gasteiger partial charge in [0, 0.05) is 11.4 Å². The summed E-state index contributed by atoms with van der Waals surface area (Å²) in [5.74, 6) is 0.348. The average molecular weight is 310 g/mol. The van der Waals surface area contributed by atoms with E-state index in [2.05, 4.69) is 49.6 Å². The summed E-state index contributed by atoms with van der Waals surface area (Å²) in [5.41, 5.74) is 5.46. The first-order valence-corrected chi connectivity index (χ1v) is 8.23. The lowest BCUT2D eigenvalue weighted by Crippen LogP contribution is -2.23. The molecule has 23 heavy (non-hydrogen) atoms. The van der Waals surface area contributed by atoms with Gasteiger partial charge in [-0.15, -0.1) is 0 Å². The van der Waals surface area contributed by atoms with E-state index in [1.54, 1.807) is 0 Å². The Kier molecular flexibility index (Phi) is 5.80. The van der Waals surface area contributed by atoms with Gasteiger partial charge in [-0.3, -0.25) is 4.79 Å². The van der Waals surface area contributed by atoms with Gasteiger partial charge in [-0.2, -0.15) is 0 Å². The summed E-state index contributed by atoms with van der Waals surface area (Å²) >= 11 is 0. The van der Waals surface area contributed by atoms with Crippen LogP contribution in [0.15, 0.2) is 42.5 Å². The van der Waals surface area contributed by atoms with Crippen molar-refractivity contribution in [1.29, 1.82) is 0 Å². The highest BCUT2D eigenvalue weighted by molar-refractivity contribution is 5.95. The minimum absolute atomic E-state index is 0.0271. The van der Waals surface area contributed by atoms with Gasteiger partial charge in [0.2, 0.25) is 5.91 Å². The van der Waals surface area contributed by atoms with Crippen LogP contribution in [0.1, 0.15) is 43.4 Å². The molecular weight excluding hydrogens is 284 g/mol. The number of aryl methyl sites for hydroxylation is 2. The average Bonchev–Trinajstić information content (AvgIpc) is 2.55. The summed E-state index contributed by atoms with van der Waals surface area (Å²) in [6.45, 7) is 8.69. The maximum atomic E-state index is 12.3. The number of carbonyl (C=O) groups excluding carboxylic acids is 1. The molecule has 0 saturated heterocycles. The van der Waals surface area contributed by atoms with Crippen molar-refractivity contribution in [3.05, 3.63) is 59.2 Å². The second-order valence-corrected chi connectivity index (χ2v) is 6.15. The maximum absolute atomic E-state index is 12.3. The SMILES string of the molecule is CCc1ccc(NCC(=O)Nc2c(C)cccc2C(C)C)cc1. The second-order valence-electron chi connectivity index (χ2n) is 6.15. The number of para-hydroxylation sites is 1. The maximum Gasteiger partial charge on any atom is 0.243 e. The Morgan fingerprint density at radius 1 is 1.09 bits per heavy atom. The fourth-order valence-corrected chi connectivity index (χ4v) is 2.57. The van der Waals surface area contributed by atoms with E-state index in [4.69, 9.17) is 0 Å². The Morgan fingerprint density at radius 2 is 1.78 bits per heavy atom. The number of amides is 1. The van der Waals surface area contributed by atoms with E-state index >= 15 is 0 Å². The van der Waals surface area contributed by atoms with Crippen molar-refractivity contribution in [3.8, 4) is 0 Å². The zero-order chi connectivity index (χ0) is 16.8. The van der Waals surface area contributed by atoms with E-state index in [-0.39, 0.29) is 12.5 Å². The van der Waals surface area contributed by atoms with Crippen molar-refractivity contribution in [3.63, 3.8) is 0 Å². The monoisotopic (exact) mass is 310 g/mol. The van der Waals surface area contributed by atoms with Gasteiger partial charge in [-0.1, -0.05) is 51.1 Å². The number of rotatable bonds is 6. The summed E-state index contributed by atoms with van der Waals surface area (Å²) < 4.78 is 0. The number of nitrogens with one attached hydrogen (secondary N) is 2. The molecule has 2 N–H and O–H groups in total. The number of hydrogen-bond donors (Lipinski definition) is 2. The van der Waals surface area contributed by atoms with Crippen molar-refractivity contribution >= 4 is 17.3 Å². The van der Waals surface area contributed by atoms with Crippen LogP contribution in [0.2, 0.25) is 0 Å². The topological polar surface area (TPSA) is 41.1 Å². The van der Waals surface area contributed by atoms with Crippen molar-refractivity contribution in [2.45, 2.75) is 40.0 Å².